The number of hydrogen-bond donors (Lipinski definition) is 3. The van der Waals surface area contributed by atoms with Crippen LogP contribution in [0.15, 0.2) is 64.1 Å². The molecule has 3 aliphatic rings. The number of ether oxygens (including phenoxy) is 1. The van der Waals surface area contributed by atoms with E-state index in [0.29, 0.717) is 11.4 Å². The summed E-state index contributed by atoms with van der Waals surface area (Å²) in [4.78, 5) is 4.16. The molecule has 0 aromatic heterocycles. The molecule has 1 aromatic rings. The molecule has 0 spiro atoms. The third-order valence-electron chi connectivity index (χ3n) is 4.77. The highest BCUT2D eigenvalue weighted by Crippen LogP contribution is 2.45. The molecule has 124 valence electrons. The maximum atomic E-state index is 6.86. The Balaban J connectivity index is 1.81. The van der Waals surface area contributed by atoms with E-state index in [1.807, 2.05) is 37.3 Å². The van der Waals surface area contributed by atoms with Crippen molar-refractivity contribution in [1.82, 2.24) is 5.32 Å². The molecule has 1 aliphatic carbocycles. The second kappa shape index (κ2) is 5.48. The molecule has 6 heteroatoms. The van der Waals surface area contributed by atoms with Gasteiger partial charge in [-0.05, 0) is 30.2 Å². The van der Waals surface area contributed by atoms with Crippen LogP contribution in [0.25, 0.3) is 0 Å². The van der Waals surface area contributed by atoms with Gasteiger partial charge in [0.1, 0.15) is 5.76 Å². The van der Waals surface area contributed by atoms with Crippen LogP contribution >= 0.6 is 11.6 Å². The molecule has 2 heterocycles. The Hall–Kier alpha value is -2.08. The fraction of sp³-hybridized carbons (Fsp3) is 0.278. The van der Waals surface area contributed by atoms with Gasteiger partial charge in [-0.25, -0.2) is 4.99 Å². The SMILES string of the molecule is CC1C2=C(OC1N)C1=CN=CNC1=CC2(N)Cc1cccc(Cl)c1. The highest BCUT2D eigenvalue weighted by molar-refractivity contribution is 6.30. The molecule has 0 saturated heterocycles. The van der Waals surface area contributed by atoms with Crippen LogP contribution in [0.1, 0.15) is 12.5 Å². The monoisotopic (exact) mass is 342 g/mol. The van der Waals surface area contributed by atoms with E-state index in [0.717, 1.165) is 28.2 Å². The molecule has 0 bridgehead atoms. The first kappa shape index (κ1) is 15.4. The molecule has 3 unspecified atom stereocenters. The summed E-state index contributed by atoms with van der Waals surface area (Å²) in [5, 5.41) is 3.85. The van der Waals surface area contributed by atoms with Crippen molar-refractivity contribution >= 4 is 17.9 Å². The Bertz CT molecular complexity index is 826. The molecule has 0 amide bonds. The van der Waals surface area contributed by atoms with E-state index in [4.69, 9.17) is 27.8 Å². The van der Waals surface area contributed by atoms with Crippen molar-refractivity contribution in [3.05, 3.63) is 69.7 Å². The van der Waals surface area contributed by atoms with Gasteiger partial charge in [0.25, 0.3) is 0 Å². The third-order valence-corrected chi connectivity index (χ3v) is 5.00. The number of nitrogens with one attached hydrogen (secondary N) is 1. The number of nitrogens with two attached hydrogens (primary N) is 2. The highest BCUT2D eigenvalue weighted by atomic mass is 35.5. The lowest BCUT2D eigenvalue weighted by atomic mass is 9.74. The Morgan fingerprint density at radius 1 is 1.42 bits per heavy atom. The number of hydrogen-bond acceptors (Lipinski definition) is 5. The summed E-state index contributed by atoms with van der Waals surface area (Å²) >= 11 is 6.13. The van der Waals surface area contributed by atoms with Gasteiger partial charge in [0.05, 0.1) is 17.5 Å². The predicted octanol–water partition coefficient (Wildman–Crippen LogP) is 2.20. The number of benzene rings is 1. The van der Waals surface area contributed by atoms with E-state index in [-0.39, 0.29) is 5.92 Å². The van der Waals surface area contributed by atoms with Crippen LogP contribution in [0, 0.1) is 5.92 Å². The third kappa shape index (κ3) is 2.36. The number of rotatable bonds is 2. The minimum atomic E-state index is -0.696. The summed E-state index contributed by atoms with van der Waals surface area (Å²) in [7, 11) is 0. The average Bonchev–Trinajstić information content (AvgIpc) is 2.84. The Morgan fingerprint density at radius 2 is 2.25 bits per heavy atom. The zero-order valence-electron chi connectivity index (χ0n) is 13.3. The smallest absolute Gasteiger partial charge is 0.154 e. The molecule has 0 radical (unpaired) electrons. The molecule has 5 nitrogen and oxygen atoms in total. The van der Waals surface area contributed by atoms with Crippen molar-refractivity contribution in [2.24, 2.45) is 22.4 Å². The molecule has 2 aliphatic heterocycles. The molecule has 5 N–H and O–H groups in total. The van der Waals surface area contributed by atoms with Crippen LogP contribution in [0.3, 0.4) is 0 Å². The molecular weight excluding hydrogens is 324 g/mol. The van der Waals surface area contributed by atoms with Crippen molar-refractivity contribution in [1.29, 1.82) is 0 Å². The zero-order valence-corrected chi connectivity index (χ0v) is 14.0. The molecule has 0 saturated carbocycles. The van der Waals surface area contributed by atoms with Crippen LogP contribution in [-0.4, -0.2) is 18.1 Å². The number of fused-ring (bicyclic) bond motifs is 2. The van der Waals surface area contributed by atoms with E-state index in [1.54, 1.807) is 12.5 Å². The molecule has 3 atom stereocenters. The van der Waals surface area contributed by atoms with Gasteiger partial charge in [-0.15, -0.1) is 0 Å². The van der Waals surface area contributed by atoms with Gasteiger partial charge in [0.2, 0.25) is 0 Å². The molecule has 0 fully saturated rings. The number of nitrogens with zero attached hydrogens (tertiary/aromatic N) is 1. The van der Waals surface area contributed by atoms with Gasteiger partial charge in [-0.2, -0.15) is 0 Å². The normalized spacial score (nSPS) is 30.8. The van der Waals surface area contributed by atoms with Crippen LogP contribution in [0.4, 0.5) is 0 Å². The quantitative estimate of drug-likeness (QED) is 0.769. The van der Waals surface area contributed by atoms with Crippen molar-refractivity contribution in [3.8, 4) is 0 Å². The standard InChI is InChI=1S/C18H19ClN4O/c1-10-15-16(24-17(10)20)13-8-22-9-23-14(13)7-18(15,21)6-11-3-2-4-12(19)5-11/h2-5,7-10,17H,6,20-21H2,1H3,(H,22,23). The summed E-state index contributed by atoms with van der Waals surface area (Å²) in [6.45, 7) is 2.05. The fourth-order valence-corrected chi connectivity index (χ4v) is 3.86. The van der Waals surface area contributed by atoms with E-state index in [2.05, 4.69) is 10.3 Å². The predicted molar refractivity (Wildman–Crippen MR) is 95.1 cm³/mol. The summed E-state index contributed by atoms with van der Waals surface area (Å²) in [5.74, 6) is 0.773. The van der Waals surface area contributed by atoms with Crippen molar-refractivity contribution in [3.63, 3.8) is 0 Å². The van der Waals surface area contributed by atoms with Gasteiger partial charge >= 0.3 is 0 Å². The van der Waals surface area contributed by atoms with Gasteiger partial charge < -0.3 is 15.8 Å². The Labute approximate surface area is 145 Å². The van der Waals surface area contributed by atoms with E-state index in [9.17, 15) is 0 Å². The molecule has 4 rings (SSSR count). The molecule has 24 heavy (non-hydrogen) atoms. The largest absolute Gasteiger partial charge is 0.474 e. The molecular formula is C18H19ClN4O. The van der Waals surface area contributed by atoms with Gasteiger partial charge in [0.15, 0.2) is 6.23 Å². The first-order valence-electron chi connectivity index (χ1n) is 7.90. The maximum absolute atomic E-state index is 6.86. The Kier molecular flexibility index (Phi) is 3.53. The summed E-state index contributed by atoms with van der Waals surface area (Å²) in [6.07, 6.45) is 5.67. The van der Waals surface area contributed by atoms with Crippen LogP contribution < -0.4 is 16.8 Å². The van der Waals surface area contributed by atoms with Gasteiger partial charge in [0, 0.05) is 28.4 Å². The lowest BCUT2D eigenvalue weighted by molar-refractivity contribution is 0.128. The summed E-state index contributed by atoms with van der Waals surface area (Å²) in [5.41, 5.74) is 16.2. The second-order valence-electron chi connectivity index (χ2n) is 6.48. The summed E-state index contributed by atoms with van der Waals surface area (Å²) < 4.78 is 5.93. The first-order valence-corrected chi connectivity index (χ1v) is 8.28. The summed E-state index contributed by atoms with van der Waals surface area (Å²) in [6, 6.07) is 7.76. The van der Waals surface area contributed by atoms with Crippen molar-refractivity contribution in [2.45, 2.75) is 25.1 Å². The second-order valence-corrected chi connectivity index (χ2v) is 6.92. The van der Waals surface area contributed by atoms with Crippen LogP contribution in [-0.2, 0) is 11.2 Å². The average molecular weight is 343 g/mol. The van der Waals surface area contributed by atoms with Crippen LogP contribution in [0.2, 0.25) is 5.02 Å². The Morgan fingerprint density at radius 3 is 3.04 bits per heavy atom. The van der Waals surface area contributed by atoms with Gasteiger partial charge in [-0.1, -0.05) is 30.7 Å². The van der Waals surface area contributed by atoms with E-state index >= 15 is 0 Å². The number of aliphatic imine (C=N–C) groups is 1. The van der Waals surface area contributed by atoms with E-state index < -0.39 is 11.8 Å². The highest BCUT2D eigenvalue weighted by Gasteiger charge is 2.46. The lowest BCUT2D eigenvalue weighted by Gasteiger charge is -2.35. The maximum Gasteiger partial charge on any atom is 0.154 e. The van der Waals surface area contributed by atoms with Crippen LogP contribution in [0.5, 0.6) is 0 Å². The fourth-order valence-electron chi connectivity index (χ4n) is 3.65. The first-order chi connectivity index (χ1) is 11.5. The van der Waals surface area contributed by atoms with Crippen molar-refractivity contribution in [2.75, 3.05) is 0 Å². The lowest BCUT2D eigenvalue weighted by Crippen LogP contribution is -2.48. The molecule has 1 aromatic carbocycles. The minimum Gasteiger partial charge on any atom is -0.474 e. The number of halogens is 1. The zero-order chi connectivity index (χ0) is 16.9. The van der Waals surface area contributed by atoms with Gasteiger partial charge in [-0.3, -0.25) is 5.73 Å². The van der Waals surface area contributed by atoms with Crippen molar-refractivity contribution < 1.29 is 4.74 Å². The minimum absolute atomic E-state index is 0.0220. The van der Waals surface area contributed by atoms with E-state index in [1.165, 1.54) is 0 Å². The topological polar surface area (TPSA) is 85.7 Å².